The standard InChI is InChI=1S/C21H26N2O4/c1-14-8-15(2)10-17(9-14)21(25)22-12-20(24)23(3)13-16-6-7-18(26-4)19(11-16)27-5/h6-11H,12-13H2,1-5H3,(H,22,25). The summed E-state index contributed by atoms with van der Waals surface area (Å²) in [6, 6.07) is 11.1. The van der Waals surface area contributed by atoms with Gasteiger partial charge in [0.1, 0.15) is 0 Å². The lowest BCUT2D eigenvalue weighted by atomic mass is 10.1. The molecule has 144 valence electrons. The van der Waals surface area contributed by atoms with E-state index in [2.05, 4.69) is 5.32 Å². The van der Waals surface area contributed by atoms with Crippen LogP contribution in [0, 0.1) is 13.8 Å². The summed E-state index contributed by atoms with van der Waals surface area (Å²) in [7, 11) is 4.84. The number of nitrogens with zero attached hydrogens (tertiary/aromatic N) is 1. The van der Waals surface area contributed by atoms with Gasteiger partial charge in [0, 0.05) is 19.2 Å². The molecule has 2 amide bonds. The lowest BCUT2D eigenvalue weighted by Gasteiger charge is -2.18. The Balaban J connectivity index is 1.94. The number of carbonyl (C=O) groups is 2. The second-order valence-electron chi connectivity index (χ2n) is 6.50. The maximum atomic E-state index is 12.3. The molecule has 0 aliphatic rings. The van der Waals surface area contributed by atoms with E-state index in [4.69, 9.17) is 9.47 Å². The van der Waals surface area contributed by atoms with E-state index in [-0.39, 0.29) is 18.4 Å². The summed E-state index contributed by atoms with van der Waals surface area (Å²) < 4.78 is 10.5. The average molecular weight is 370 g/mol. The zero-order chi connectivity index (χ0) is 20.0. The van der Waals surface area contributed by atoms with Crippen LogP contribution in [0.2, 0.25) is 0 Å². The molecule has 0 aliphatic carbocycles. The first-order valence-corrected chi connectivity index (χ1v) is 8.65. The highest BCUT2D eigenvalue weighted by Crippen LogP contribution is 2.27. The van der Waals surface area contributed by atoms with Gasteiger partial charge in [-0.2, -0.15) is 0 Å². The molecule has 0 unspecified atom stereocenters. The molecule has 0 saturated heterocycles. The SMILES string of the molecule is COc1ccc(CN(C)C(=O)CNC(=O)c2cc(C)cc(C)c2)cc1OC. The van der Waals surface area contributed by atoms with E-state index in [1.54, 1.807) is 44.4 Å². The zero-order valence-corrected chi connectivity index (χ0v) is 16.5. The molecule has 0 fully saturated rings. The highest BCUT2D eigenvalue weighted by Gasteiger charge is 2.14. The molecule has 0 radical (unpaired) electrons. The number of likely N-dealkylation sites (N-methyl/N-ethyl adjacent to an activating group) is 1. The van der Waals surface area contributed by atoms with Gasteiger partial charge in [-0.25, -0.2) is 0 Å². The molecule has 1 N–H and O–H groups in total. The number of carbonyl (C=O) groups excluding carboxylic acids is 2. The average Bonchev–Trinajstić information content (AvgIpc) is 2.64. The first-order valence-electron chi connectivity index (χ1n) is 8.65. The molecule has 6 heteroatoms. The van der Waals surface area contributed by atoms with Crippen molar-refractivity contribution in [2.24, 2.45) is 0 Å². The molecule has 0 aliphatic heterocycles. The van der Waals surface area contributed by atoms with Crippen LogP contribution in [0.15, 0.2) is 36.4 Å². The summed E-state index contributed by atoms with van der Waals surface area (Å²) in [5, 5.41) is 2.69. The Bertz CT molecular complexity index is 813. The Labute approximate surface area is 160 Å². The van der Waals surface area contributed by atoms with Gasteiger partial charge in [-0.05, 0) is 43.7 Å². The third-order valence-corrected chi connectivity index (χ3v) is 4.18. The number of ether oxygens (including phenoxy) is 2. The Morgan fingerprint density at radius 1 is 0.963 bits per heavy atom. The van der Waals surface area contributed by atoms with Gasteiger partial charge in [-0.1, -0.05) is 23.3 Å². The lowest BCUT2D eigenvalue weighted by Crippen LogP contribution is -2.37. The van der Waals surface area contributed by atoms with Crippen molar-refractivity contribution in [2.75, 3.05) is 27.8 Å². The van der Waals surface area contributed by atoms with Crippen LogP contribution in [-0.2, 0) is 11.3 Å². The number of rotatable bonds is 7. The van der Waals surface area contributed by atoms with Gasteiger partial charge in [0.15, 0.2) is 11.5 Å². The van der Waals surface area contributed by atoms with E-state index < -0.39 is 0 Å². The van der Waals surface area contributed by atoms with E-state index in [0.717, 1.165) is 16.7 Å². The van der Waals surface area contributed by atoms with Gasteiger partial charge in [-0.3, -0.25) is 9.59 Å². The topological polar surface area (TPSA) is 67.9 Å². The Morgan fingerprint density at radius 2 is 1.59 bits per heavy atom. The predicted molar refractivity (Wildman–Crippen MR) is 104 cm³/mol. The minimum atomic E-state index is -0.255. The van der Waals surface area contributed by atoms with Crippen LogP contribution in [0.3, 0.4) is 0 Å². The van der Waals surface area contributed by atoms with Crippen LogP contribution in [0.1, 0.15) is 27.0 Å². The molecule has 6 nitrogen and oxygen atoms in total. The fourth-order valence-corrected chi connectivity index (χ4v) is 2.84. The largest absolute Gasteiger partial charge is 0.493 e. The monoisotopic (exact) mass is 370 g/mol. The molecule has 0 atom stereocenters. The highest BCUT2D eigenvalue weighted by atomic mass is 16.5. The van der Waals surface area contributed by atoms with Crippen molar-refractivity contribution in [1.82, 2.24) is 10.2 Å². The number of aryl methyl sites for hydroxylation is 2. The molecular formula is C21H26N2O4. The number of hydrogen-bond acceptors (Lipinski definition) is 4. The molecular weight excluding hydrogens is 344 g/mol. The van der Waals surface area contributed by atoms with Crippen LogP contribution in [-0.4, -0.2) is 44.5 Å². The van der Waals surface area contributed by atoms with Crippen molar-refractivity contribution < 1.29 is 19.1 Å². The van der Waals surface area contributed by atoms with Crippen LogP contribution < -0.4 is 14.8 Å². The van der Waals surface area contributed by atoms with Gasteiger partial charge in [0.05, 0.1) is 20.8 Å². The van der Waals surface area contributed by atoms with Gasteiger partial charge in [0.2, 0.25) is 5.91 Å². The maximum Gasteiger partial charge on any atom is 0.251 e. The number of methoxy groups -OCH3 is 2. The van der Waals surface area contributed by atoms with E-state index in [0.29, 0.717) is 23.6 Å². The molecule has 0 spiro atoms. The molecule has 0 aromatic heterocycles. The Morgan fingerprint density at radius 3 is 2.19 bits per heavy atom. The van der Waals surface area contributed by atoms with Gasteiger partial charge in [0.25, 0.3) is 5.91 Å². The smallest absolute Gasteiger partial charge is 0.251 e. The number of nitrogens with one attached hydrogen (secondary N) is 1. The van der Waals surface area contributed by atoms with E-state index in [1.807, 2.05) is 32.0 Å². The quantitative estimate of drug-likeness (QED) is 0.814. The van der Waals surface area contributed by atoms with Gasteiger partial charge < -0.3 is 19.7 Å². The zero-order valence-electron chi connectivity index (χ0n) is 16.5. The Hall–Kier alpha value is -3.02. The van der Waals surface area contributed by atoms with Crippen molar-refractivity contribution >= 4 is 11.8 Å². The summed E-state index contributed by atoms with van der Waals surface area (Å²) in [5.41, 5.74) is 3.49. The highest BCUT2D eigenvalue weighted by molar-refractivity contribution is 5.96. The number of amides is 2. The maximum absolute atomic E-state index is 12.3. The third kappa shape index (κ3) is 5.48. The van der Waals surface area contributed by atoms with Crippen molar-refractivity contribution in [3.63, 3.8) is 0 Å². The molecule has 2 aromatic carbocycles. The molecule has 0 saturated carbocycles. The molecule has 0 bridgehead atoms. The first-order chi connectivity index (χ1) is 12.8. The molecule has 27 heavy (non-hydrogen) atoms. The van der Waals surface area contributed by atoms with Crippen LogP contribution in [0.25, 0.3) is 0 Å². The summed E-state index contributed by atoms with van der Waals surface area (Å²) >= 11 is 0. The van der Waals surface area contributed by atoms with Crippen LogP contribution in [0.5, 0.6) is 11.5 Å². The van der Waals surface area contributed by atoms with Crippen LogP contribution in [0.4, 0.5) is 0 Å². The number of benzene rings is 2. The third-order valence-electron chi connectivity index (χ3n) is 4.18. The lowest BCUT2D eigenvalue weighted by molar-refractivity contribution is -0.129. The van der Waals surface area contributed by atoms with E-state index in [1.165, 1.54) is 0 Å². The normalized spacial score (nSPS) is 10.3. The van der Waals surface area contributed by atoms with Crippen LogP contribution >= 0.6 is 0 Å². The van der Waals surface area contributed by atoms with Gasteiger partial charge >= 0.3 is 0 Å². The van der Waals surface area contributed by atoms with E-state index >= 15 is 0 Å². The summed E-state index contributed by atoms with van der Waals surface area (Å²) in [5.74, 6) is 0.812. The Kier molecular flexibility index (Phi) is 6.82. The number of hydrogen-bond donors (Lipinski definition) is 1. The predicted octanol–water partition coefficient (Wildman–Crippen LogP) is 2.71. The minimum Gasteiger partial charge on any atom is -0.493 e. The molecule has 2 aromatic rings. The summed E-state index contributed by atoms with van der Waals surface area (Å²) in [4.78, 5) is 26.2. The molecule has 2 rings (SSSR count). The fourth-order valence-electron chi connectivity index (χ4n) is 2.84. The summed E-state index contributed by atoms with van der Waals surface area (Å²) in [6.07, 6.45) is 0. The van der Waals surface area contributed by atoms with Crippen molar-refractivity contribution in [3.05, 3.63) is 58.7 Å². The van der Waals surface area contributed by atoms with Crippen molar-refractivity contribution in [1.29, 1.82) is 0 Å². The molecule has 0 heterocycles. The second kappa shape index (κ2) is 9.07. The first kappa shape index (κ1) is 20.3. The van der Waals surface area contributed by atoms with Gasteiger partial charge in [-0.15, -0.1) is 0 Å². The summed E-state index contributed by atoms with van der Waals surface area (Å²) in [6.45, 7) is 4.21. The fraction of sp³-hybridized carbons (Fsp3) is 0.333. The minimum absolute atomic E-state index is 0.0599. The van der Waals surface area contributed by atoms with Crippen molar-refractivity contribution in [3.8, 4) is 11.5 Å². The van der Waals surface area contributed by atoms with E-state index in [9.17, 15) is 9.59 Å². The van der Waals surface area contributed by atoms with Crippen molar-refractivity contribution in [2.45, 2.75) is 20.4 Å². The second-order valence-corrected chi connectivity index (χ2v) is 6.50.